The SMILES string of the molecule is CCNC(COCC)C(OC)C1CC1. The van der Waals surface area contributed by atoms with E-state index in [4.69, 9.17) is 9.47 Å². The Hall–Kier alpha value is -0.120. The van der Waals surface area contributed by atoms with Gasteiger partial charge in [0.2, 0.25) is 0 Å². The molecule has 84 valence electrons. The third kappa shape index (κ3) is 3.56. The van der Waals surface area contributed by atoms with E-state index in [1.807, 2.05) is 6.92 Å². The molecule has 3 heteroatoms. The molecule has 2 atom stereocenters. The van der Waals surface area contributed by atoms with E-state index >= 15 is 0 Å². The van der Waals surface area contributed by atoms with Crippen LogP contribution in [0.2, 0.25) is 0 Å². The molecular formula is C11H23NO2. The molecule has 1 rings (SSSR count). The lowest BCUT2D eigenvalue weighted by Gasteiger charge is -2.26. The second-order valence-electron chi connectivity index (χ2n) is 3.86. The molecule has 1 saturated carbocycles. The lowest BCUT2D eigenvalue weighted by atomic mass is 10.1. The van der Waals surface area contributed by atoms with Crippen molar-refractivity contribution in [3.8, 4) is 0 Å². The van der Waals surface area contributed by atoms with Crippen LogP contribution in [0.15, 0.2) is 0 Å². The lowest BCUT2D eigenvalue weighted by molar-refractivity contribution is 0.0127. The van der Waals surface area contributed by atoms with Crippen LogP contribution in [0.4, 0.5) is 0 Å². The van der Waals surface area contributed by atoms with Crippen molar-refractivity contribution < 1.29 is 9.47 Å². The Morgan fingerprint density at radius 2 is 2.07 bits per heavy atom. The maximum absolute atomic E-state index is 5.54. The monoisotopic (exact) mass is 201 g/mol. The number of methoxy groups -OCH3 is 1. The van der Waals surface area contributed by atoms with Gasteiger partial charge >= 0.3 is 0 Å². The fourth-order valence-corrected chi connectivity index (χ4v) is 1.89. The molecule has 0 aromatic carbocycles. The Kier molecular flexibility index (Phi) is 5.45. The number of hydrogen-bond donors (Lipinski definition) is 1. The van der Waals surface area contributed by atoms with Crippen molar-refractivity contribution in [2.75, 3.05) is 26.9 Å². The van der Waals surface area contributed by atoms with Crippen LogP contribution >= 0.6 is 0 Å². The molecule has 0 radical (unpaired) electrons. The summed E-state index contributed by atoms with van der Waals surface area (Å²) in [5, 5.41) is 3.44. The number of ether oxygens (including phenoxy) is 2. The van der Waals surface area contributed by atoms with E-state index in [1.54, 1.807) is 7.11 Å². The Balaban J connectivity index is 2.36. The first-order chi connectivity index (χ1) is 6.83. The highest BCUT2D eigenvalue weighted by Gasteiger charge is 2.36. The van der Waals surface area contributed by atoms with Crippen LogP contribution in [-0.4, -0.2) is 39.0 Å². The zero-order chi connectivity index (χ0) is 10.4. The summed E-state index contributed by atoms with van der Waals surface area (Å²) in [7, 11) is 1.80. The summed E-state index contributed by atoms with van der Waals surface area (Å²) in [6.07, 6.45) is 2.96. The van der Waals surface area contributed by atoms with Crippen molar-refractivity contribution in [3.05, 3.63) is 0 Å². The van der Waals surface area contributed by atoms with Crippen molar-refractivity contribution in [3.63, 3.8) is 0 Å². The maximum Gasteiger partial charge on any atom is 0.0774 e. The number of likely N-dealkylation sites (N-methyl/N-ethyl adjacent to an activating group) is 1. The van der Waals surface area contributed by atoms with Gasteiger partial charge in [-0.05, 0) is 32.2 Å². The standard InChI is InChI=1S/C11H23NO2/c1-4-12-10(8-14-5-2)11(13-3)9-6-7-9/h9-12H,4-8H2,1-3H3. The normalized spacial score (nSPS) is 20.8. The van der Waals surface area contributed by atoms with Gasteiger partial charge < -0.3 is 14.8 Å². The second kappa shape index (κ2) is 6.38. The van der Waals surface area contributed by atoms with E-state index < -0.39 is 0 Å². The highest BCUT2D eigenvalue weighted by atomic mass is 16.5. The molecule has 2 unspecified atom stereocenters. The van der Waals surface area contributed by atoms with E-state index in [9.17, 15) is 0 Å². The molecule has 0 spiro atoms. The van der Waals surface area contributed by atoms with Crippen molar-refractivity contribution in [2.45, 2.75) is 38.8 Å². The Morgan fingerprint density at radius 1 is 1.36 bits per heavy atom. The third-order valence-electron chi connectivity index (χ3n) is 2.72. The van der Waals surface area contributed by atoms with Crippen LogP contribution in [0.1, 0.15) is 26.7 Å². The van der Waals surface area contributed by atoms with Gasteiger partial charge in [0.1, 0.15) is 0 Å². The lowest BCUT2D eigenvalue weighted by Crippen LogP contribution is -2.45. The number of rotatable bonds is 8. The molecular weight excluding hydrogens is 178 g/mol. The summed E-state index contributed by atoms with van der Waals surface area (Å²) in [4.78, 5) is 0. The first kappa shape index (κ1) is 12.0. The average molecular weight is 201 g/mol. The van der Waals surface area contributed by atoms with Gasteiger partial charge in [-0.2, -0.15) is 0 Å². The van der Waals surface area contributed by atoms with Crippen molar-refractivity contribution in [1.82, 2.24) is 5.32 Å². The molecule has 0 amide bonds. The summed E-state index contributed by atoms with van der Waals surface area (Å²) in [6.45, 7) is 6.67. The molecule has 0 saturated heterocycles. The van der Waals surface area contributed by atoms with Gasteiger partial charge in [0.25, 0.3) is 0 Å². The predicted molar refractivity (Wildman–Crippen MR) is 57.5 cm³/mol. The maximum atomic E-state index is 5.54. The van der Waals surface area contributed by atoms with Crippen LogP contribution in [0.25, 0.3) is 0 Å². The van der Waals surface area contributed by atoms with E-state index in [-0.39, 0.29) is 0 Å². The second-order valence-corrected chi connectivity index (χ2v) is 3.86. The van der Waals surface area contributed by atoms with Gasteiger partial charge in [0.15, 0.2) is 0 Å². The molecule has 1 aliphatic carbocycles. The smallest absolute Gasteiger partial charge is 0.0774 e. The minimum Gasteiger partial charge on any atom is -0.380 e. The Morgan fingerprint density at radius 3 is 2.50 bits per heavy atom. The fraction of sp³-hybridized carbons (Fsp3) is 1.00. The van der Waals surface area contributed by atoms with Crippen LogP contribution in [0.3, 0.4) is 0 Å². The molecule has 0 aliphatic heterocycles. The molecule has 1 N–H and O–H groups in total. The van der Waals surface area contributed by atoms with Gasteiger partial charge in [-0.15, -0.1) is 0 Å². The zero-order valence-corrected chi connectivity index (χ0v) is 9.58. The molecule has 1 fully saturated rings. The predicted octanol–water partition coefficient (Wildman–Crippen LogP) is 1.43. The first-order valence-electron chi connectivity index (χ1n) is 5.67. The van der Waals surface area contributed by atoms with Gasteiger partial charge in [0.05, 0.1) is 18.8 Å². The highest BCUT2D eigenvalue weighted by Crippen LogP contribution is 2.35. The summed E-state index contributed by atoms with van der Waals surface area (Å²) in [6, 6.07) is 0.359. The Labute approximate surface area is 87.2 Å². The summed E-state index contributed by atoms with van der Waals surface area (Å²) in [5.41, 5.74) is 0. The van der Waals surface area contributed by atoms with E-state index in [2.05, 4.69) is 12.2 Å². The summed E-state index contributed by atoms with van der Waals surface area (Å²) >= 11 is 0. The molecule has 14 heavy (non-hydrogen) atoms. The van der Waals surface area contributed by atoms with Gasteiger partial charge in [-0.25, -0.2) is 0 Å². The van der Waals surface area contributed by atoms with E-state index in [1.165, 1.54) is 12.8 Å². The molecule has 1 aliphatic rings. The van der Waals surface area contributed by atoms with E-state index in [0.717, 1.165) is 25.7 Å². The molecule has 3 nitrogen and oxygen atoms in total. The summed E-state index contributed by atoms with van der Waals surface area (Å²) < 4.78 is 11.0. The number of nitrogens with one attached hydrogen (secondary N) is 1. The fourth-order valence-electron chi connectivity index (χ4n) is 1.89. The molecule has 0 aromatic heterocycles. The van der Waals surface area contributed by atoms with Crippen molar-refractivity contribution >= 4 is 0 Å². The Bertz CT molecular complexity index is 148. The largest absolute Gasteiger partial charge is 0.380 e. The van der Waals surface area contributed by atoms with Gasteiger partial charge in [-0.1, -0.05) is 6.92 Å². The van der Waals surface area contributed by atoms with Gasteiger partial charge in [-0.3, -0.25) is 0 Å². The minimum atomic E-state index is 0.335. The van der Waals surface area contributed by atoms with Crippen molar-refractivity contribution in [1.29, 1.82) is 0 Å². The van der Waals surface area contributed by atoms with Crippen LogP contribution in [-0.2, 0) is 9.47 Å². The number of hydrogen-bond acceptors (Lipinski definition) is 3. The average Bonchev–Trinajstić information content (AvgIpc) is 2.99. The quantitative estimate of drug-likeness (QED) is 0.644. The topological polar surface area (TPSA) is 30.5 Å². The zero-order valence-electron chi connectivity index (χ0n) is 9.58. The minimum absolute atomic E-state index is 0.335. The molecule has 0 heterocycles. The van der Waals surface area contributed by atoms with Crippen LogP contribution in [0.5, 0.6) is 0 Å². The first-order valence-corrected chi connectivity index (χ1v) is 5.67. The van der Waals surface area contributed by atoms with Crippen molar-refractivity contribution in [2.24, 2.45) is 5.92 Å². The summed E-state index contributed by atoms with van der Waals surface area (Å²) in [5.74, 6) is 0.754. The van der Waals surface area contributed by atoms with Crippen LogP contribution < -0.4 is 5.32 Å². The highest BCUT2D eigenvalue weighted by molar-refractivity contribution is 4.90. The van der Waals surface area contributed by atoms with Crippen LogP contribution in [0, 0.1) is 5.92 Å². The van der Waals surface area contributed by atoms with Gasteiger partial charge in [0, 0.05) is 13.7 Å². The molecule has 0 aromatic rings. The molecule has 0 bridgehead atoms. The third-order valence-corrected chi connectivity index (χ3v) is 2.72. The van der Waals surface area contributed by atoms with E-state index in [0.29, 0.717) is 12.1 Å².